The van der Waals surface area contributed by atoms with Crippen LogP contribution in [0.15, 0.2) is 11.7 Å². The molecular weight excluding hydrogens is 105 g/mol. The Balaban J connectivity index is 2.60. The highest BCUT2D eigenvalue weighted by Gasteiger charge is 2.34. The smallest absolute Gasteiger partial charge is 0.242 e. The highest BCUT2D eigenvalue weighted by Crippen LogP contribution is 2.36. The maximum atomic E-state index is 11.5. The maximum absolute atomic E-state index is 11.5. The van der Waals surface area contributed by atoms with Crippen LogP contribution in [-0.4, -0.2) is 6.17 Å². The maximum Gasteiger partial charge on any atom is 0.272 e. The molecule has 0 saturated heterocycles. The van der Waals surface area contributed by atoms with Gasteiger partial charge in [0.1, 0.15) is 6.17 Å². The van der Waals surface area contributed by atoms with Crippen LogP contribution in [0.25, 0.3) is 0 Å². The Morgan fingerprint density at radius 3 is 2.00 bits per heavy atom. The molecule has 0 aromatic rings. The fourth-order valence-electron chi connectivity index (χ4n) is 0.330. The van der Waals surface area contributed by atoms with E-state index in [1.165, 1.54) is 0 Å². The predicted octanol–water partition coefficient (Wildman–Crippen LogP) is 1.88. The second kappa shape index (κ2) is 1.25. The number of hydrogen-bond donors (Lipinski definition) is 0. The number of allylic oxidation sites excluding steroid dienone is 1. The van der Waals surface area contributed by atoms with Gasteiger partial charge in [-0.2, -0.15) is 8.78 Å². The minimum atomic E-state index is -1.84. The first-order valence-corrected chi connectivity index (χ1v) is 1.90. The highest BCUT2D eigenvalue weighted by molar-refractivity contribution is 5.25. The minimum absolute atomic E-state index is 0.0532. The molecule has 7 heavy (non-hydrogen) atoms. The number of hydrogen-bond acceptors (Lipinski definition) is 0. The topological polar surface area (TPSA) is 0 Å². The largest absolute Gasteiger partial charge is 0.272 e. The van der Waals surface area contributed by atoms with Crippen molar-refractivity contribution in [1.82, 2.24) is 0 Å². The lowest BCUT2D eigenvalue weighted by Gasteiger charge is -1.68. The van der Waals surface area contributed by atoms with Gasteiger partial charge in [-0.3, -0.25) is 0 Å². The van der Waals surface area contributed by atoms with E-state index in [1.807, 2.05) is 0 Å². The van der Waals surface area contributed by atoms with Crippen LogP contribution in [-0.2, 0) is 0 Å². The van der Waals surface area contributed by atoms with Crippen LogP contribution in [0, 0.1) is 0 Å². The lowest BCUT2D eigenvalue weighted by Crippen LogP contribution is -1.61. The van der Waals surface area contributed by atoms with Gasteiger partial charge in [0.25, 0.3) is 6.08 Å². The minimum Gasteiger partial charge on any atom is -0.242 e. The first-order valence-electron chi connectivity index (χ1n) is 1.90. The Bertz CT molecular complexity index is 112. The second-order valence-electron chi connectivity index (χ2n) is 1.46. The SMILES string of the molecule is FC(F)=C1CC1F. The lowest BCUT2D eigenvalue weighted by atomic mass is 10.7. The van der Waals surface area contributed by atoms with E-state index < -0.39 is 12.3 Å². The standard InChI is InChI=1S/C4H3F3/c5-3-1-2(3)4(6)7/h3H,1H2. The molecule has 1 rings (SSSR count). The Labute approximate surface area is 38.6 Å². The quantitative estimate of drug-likeness (QED) is 0.444. The van der Waals surface area contributed by atoms with Gasteiger partial charge in [-0.05, 0) is 0 Å². The zero-order valence-corrected chi connectivity index (χ0v) is 3.42. The van der Waals surface area contributed by atoms with Crippen molar-refractivity contribution >= 4 is 0 Å². The van der Waals surface area contributed by atoms with Crippen molar-refractivity contribution in [2.24, 2.45) is 0 Å². The van der Waals surface area contributed by atoms with Gasteiger partial charge < -0.3 is 0 Å². The van der Waals surface area contributed by atoms with Crippen molar-refractivity contribution in [1.29, 1.82) is 0 Å². The Morgan fingerprint density at radius 1 is 1.57 bits per heavy atom. The zero-order chi connectivity index (χ0) is 5.44. The van der Waals surface area contributed by atoms with Crippen LogP contribution in [0.5, 0.6) is 0 Å². The van der Waals surface area contributed by atoms with Crippen molar-refractivity contribution in [3.8, 4) is 0 Å². The molecule has 3 heteroatoms. The number of rotatable bonds is 0. The van der Waals surface area contributed by atoms with E-state index in [0.717, 1.165) is 0 Å². The van der Waals surface area contributed by atoms with E-state index in [0.29, 0.717) is 0 Å². The van der Waals surface area contributed by atoms with Crippen molar-refractivity contribution in [3.05, 3.63) is 11.7 Å². The highest BCUT2D eigenvalue weighted by atomic mass is 19.3. The van der Waals surface area contributed by atoms with Gasteiger partial charge in [0.2, 0.25) is 0 Å². The lowest BCUT2D eigenvalue weighted by molar-refractivity contribution is 0.408. The van der Waals surface area contributed by atoms with Gasteiger partial charge >= 0.3 is 0 Å². The summed E-state index contributed by atoms with van der Waals surface area (Å²) in [6.45, 7) is 0. The molecule has 1 fully saturated rings. The molecule has 1 atom stereocenters. The van der Waals surface area contributed by atoms with Gasteiger partial charge in [0, 0.05) is 12.0 Å². The van der Waals surface area contributed by atoms with Gasteiger partial charge in [-0.15, -0.1) is 0 Å². The van der Waals surface area contributed by atoms with E-state index in [9.17, 15) is 13.2 Å². The van der Waals surface area contributed by atoms with Gasteiger partial charge in [0.15, 0.2) is 0 Å². The normalized spacial score (nSPS) is 27.9. The molecule has 0 amide bonds. The molecule has 0 radical (unpaired) electrons. The third kappa shape index (κ3) is 0.759. The fraction of sp³-hybridized carbons (Fsp3) is 0.500. The zero-order valence-electron chi connectivity index (χ0n) is 3.42. The predicted molar refractivity (Wildman–Crippen MR) is 18.8 cm³/mol. The average Bonchev–Trinajstić information content (AvgIpc) is 2.17. The van der Waals surface area contributed by atoms with Gasteiger partial charge in [-0.25, -0.2) is 4.39 Å². The first-order chi connectivity index (χ1) is 3.22. The second-order valence-corrected chi connectivity index (χ2v) is 1.46. The molecule has 1 unspecified atom stereocenters. The summed E-state index contributed by atoms with van der Waals surface area (Å²) in [5.74, 6) is 0. The molecule has 0 aromatic carbocycles. The van der Waals surface area contributed by atoms with Crippen molar-refractivity contribution < 1.29 is 13.2 Å². The monoisotopic (exact) mass is 108 g/mol. The molecule has 40 valence electrons. The van der Waals surface area contributed by atoms with Gasteiger partial charge in [-0.1, -0.05) is 0 Å². The van der Waals surface area contributed by atoms with Crippen LogP contribution in [0.2, 0.25) is 0 Å². The van der Waals surface area contributed by atoms with Crippen molar-refractivity contribution in [2.45, 2.75) is 12.6 Å². The summed E-state index contributed by atoms with van der Waals surface area (Å²) in [4.78, 5) is 0. The first kappa shape index (κ1) is 4.68. The third-order valence-corrected chi connectivity index (χ3v) is 0.860. The third-order valence-electron chi connectivity index (χ3n) is 0.860. The Morgan fingerprint density at radius 2 is 2.00 bits per heavy atom. The van der Waals surface area contributed by atoms with E-state index in [1.54, 1.807) is 0 Å². The summed E-state index contributed by atoms with van der Waals surface area (Å²) < 4.78 is 33.7. The molecule has 0 heterocycles. The summed E-state index contributed by atoms with van der Waals surface area (Å²) >= 11 is 0. The van der Waals surface area contributed by atoms with Crippen LogP contribution in [0.3, 0.4) is 0 Å². The fourth-order valence-corrected chi connectivity index (χ4v) is 0.330. The van der Waals surface area contributed by atoms with Crippen LogP contribution >= 0.6 is 0 Å². The van der Waals surface area contributed by atoms with Gasteiger partial charge in [0.05, 0.1) is 0 Å². The molecule has 0 bridgehead atoms. The molecular formula is C4H3F3. The molecule has 0 nitrogen and oxygen atoms in total. The van der Waals surface area contributed by atoms with Crippen molar-refractivity contribution in [3.63, 3.8) is 0 Å². The van der Waals surface area contributed by atoms with E-state index in [-0.39, 0.29) is 12.0 Å². The summed E-state index contributed by atoms with van der Waals surface area (Å²) in [5, 5.41) is 0. The average molecular weight is 108 g/mol. The number of alkyl halides is 1. The van der Waals surface area contributed by atoms with Crippen molar-refractivity contribution in [2.75, 3.05) is 0 Å². The summed E-state index contributed by atoms with van der Waals surface area (Å²) in [5.41, 5.74) is -0.319. The number of halogens is 3. The molecule has 0 aliphatic heterocycles. The molecule has 1 saturated carbocycles. The Hall–Kier alpha value is -0.470. The van der Waals surface area contributed by atoms with Crippen LogP contribution < -0.4 is 0 Å². The summed E-state index contributed by atoms with van der Waals surface area (Å²) in [6.07, 6.45) is -3.22. The van der Waals surface area contributed by atoms with E-state index >= 15 is 0 Å². The molecule has 1 aliphatic carbocycles. The Kier molecular flexibility index (Phi) is 0.836. The molecule has 0 aromatic heterocycles. The molecule has 0 N–H and O–H groups in total. The molecule has 1 aliphatic rings. The summed E-state index contributed by atoms with van der Waals surface area (Å²) in [6, 6.07) is 0. The molecule has 0 spiro atoms. The summed E-state index contributed by atoms with van der Waals surface area (Å²) in [7, 11) is 0. The van der Waals surface area contributed by atoms with E-state index in [2.05, 4.69) is 0 Å². The van der Waals surface area contributed by atoms with Crippen LogP contribution in [0.1, 0.15) is 6.42 Å². The van der Waals surface area contributed by atoms with Crippen LogP contribution in [0.4, 0.5) is 13.2 Å². The van der Waals surface area contributed by atoms with E-state index in [4.69, 9.17) is 0 Å².